The molecule has 5 nitrogen and oxygen atoms in total. The first-order valence-electron chi connectivity index (χ1n) is 5.44. The van der Waals surface area contributed by atoms with Gasteiger partial charge in [-0.15, -0.1) is 0 Å². The third-order valence-electron chi connectivity index (χ3n) is 1.94. The molecule has 5 heteroatoms. The van der Waals surface area contributed by atoms with Gasteiger partial charge in [0.2, 0.25) is 6.20 Å². The summed E-state index contributed by atoms with van der Waals surface area (Å²) in [5, 5.41) is 10.6. The molecule has 0 aliphatic heterocycles. The van der Waals surface area contributed by atoms with Crippen LogP contribution >= 0.6 is 0 Å². The second kappa shape index (κ2) is 5.44. The minimum Gasteiger partial charge on any atom is -0.456 e. The van der Waals surface area contributed by atoms with Crippen LogP contribution in [0.1, 0.15) is 26.3 Å². The molecule has 0 atom stereocenters. The van der Waals surface area contributed by atoms with Gasteiger partial charge in [-0.1, -0.05) is 30.3 Å². The van der Waals surface area contributed by atoms with E-state index in [2.05, 4.69) is 0 Å². The molecule has 0 unspecified atom stereocenters. The molecule has 96 valence electrons. The molecule has 0 aliphatic rings. The Morgan fingerprint density at radius 2 is 1.83 bits per heavy atom. The Kier molecular flexibility index (Phi) is 4.20. The maximum Gasteiger partial charge on any atom is 0.345 e. The monoisotopic (exact) mass is 249 g/mol. The van der Waals surface area contributed by atoms with Crippen molar-refractivity contribution in [2.24, 2.45) is 0 Å². The number of hydrogen-bond acceptors (Lipinski definition) is 4. The SMILES string of the molecule is CC(C)(C)OC(=O)/C(=C/[N+](=O)[O-])c1ccccc1. The molecular formula is C13H15NO4. The third kappa shape index (κ3) is 4.37. The lowest BCUT2D eigenvalue weighted by Gasteiger charge is -2.19. The zero-order chi connectivity index (χ0) is 13.8. The van der Waals surface area contributed by atoms with E-state index in [1.54, 1.807) is 51.1 Å². The Hall–Kier alpha value is -2.17. The van der Waals surface area contributed by atoms with Gasteiger partial charge in [-0.25, -0.2) is 4.79 Å². The Morgan fingerprint density at radius 1 is 1.28 bits per heavy atom. The van der Waals surface area contributed by atoms with E-state index in [-0.39, 0.29) is 5.57 Å². The molecule has 0 radical (unpaired) electrons. The Morgan fingerprint density at radius 3 is 2.28 bits per heavy atom. The second-order valence-electron chi connectivity index (χ2n) is 4.70. The summed E-state index contributed by atoms with van der Waals surface area (Å²) in [6.45, 7) is 5.12. The van der Waals surface area contributed by atoms with Gasteiger partial charge in [0.15, 0.2) is 0 Å². The van der Waals surface area contributed by atoms with E-state index >= 15 is 0 Å². The minimum atomic E-state index is -0.703. The summed E-state index contributed by atoms with van der Waals surface area (Å²) in [5.74, 6) is -0.703. The van der Waals surface area contributed by atoms with Crippen LogP contribution < -0.4 is 0 Å². The van der Waals surface area contributed by atoms with Crippen LogP contribution in [0.4, 0.5) is 0 Å². The second-order valence-corrected chi connectivity index (χ2v) is 4.70. The summed E-state index contributed by atoms with van der Waals surface area (Å²) >= 11 is 0. The van der Waals surface area contributed by atoms with Gasteiger partial charge < -0.3 is 4.74 Å². The summed E-state index contributed by atoms with van der Waals surface area (Å²) in [7, 11) is 0. The standard InChI is InChI=1S/C13H15NO4/c1-13(2,3)18-12(15)11(9-14(16)17)10-7-5-4-6-8-10/h4-9H,1-3H3/b11-9+. The molecule has 1 rings (SSSR count). The number of nitrogens with zero attached hydrogens (tertiary/aromatic N) is 1. The number of carbonyl (C=O) groups is 1. The Balaban J connectivity index is 3.09. The van der Waals surface area contributed by atoms with Gasteiger partial charge in [0.1, 0.15) is 11.2 Å². The third-order valence-corrected chi connectivity index (χ3v) is 1.94. The first kappa shape index (κ1) is 13.9. The molecule has 0 bridgehead atoms. The normalized spacial score (nSPS) is 12.1. The van der Waals surface area contributed by atoms with E-state index in [0.29, 0.717) is 11.8 Å². The maximum atomic E-state index is 11.9. The number of hydrogen-bond donors (Lipinski definition) is 0. The topological polar surface area (TPSA) is 69.4 Å². The van der Waals surface area contributed by atoms with Crippen molar-refractivity contribution in [2.45, 2.75) is 26.4 Å². The van der Waals surface area contributed by atoms with Gasteiger partial charge in [0.05, 0.1) is 4.92 Å². The summed E-state index contributed by atoms with van der Waals surface area (Å²) < 4.78 is 5.14. The van der Waals surface area contributed by atoms with Gasteiger partial charge in [0.25, 0.3) is 0 Å². The zero-order valence-corrected chi connectivity index (χ0v) is 10.5. The van der Waals surface area contributed by atoms with E-state index in [9.17, 15) is 14.9 Å². The molecule has 0 fully saturated rings. The molecule has 0 saturated heterocycles. The molecule has 0 aliphatic carbocycles. The Labute approximate surface area is 105 Å². The van der Waals surface area contributed by atoms with Crippen LogP contribution in [0.3, 0.4) is 0 Å². The molecule has 0 amide bonds. The van der Waals surface area contributed by atoms with E-state index in [0.717, 1.165) is 0 Å². The highest BCUT2D eigenvalue weighted by atomic mass is 16.6. The van der Waals surface area contributed by atoms with Crippen molar-refractivity contribution >= 4 is 11.5 Å². The lowest BCUT2D eigenvalue weighted by Crippen LogP contribution is -2.24. The van der Waals surface area contributed by atoms with Crippen molar-refractivity contribution < 1.29 is 14.5 Å². The highest BCUT2D eigenvalue weighted by Gasteiger charge is 2.23. The molecule has 0 spiro atoms. The van der Waals surface area contributed by atoms with E-state index in [1.807, 2.05) is 0 Å². The summed E-state index contributed by atoms with van der Waals surface area (Å²) in [4.78, 5) is 21.8. The average molecular weight is 249 g/mol. The van der Waals surface area contributed by atoms with E-state index in [1.165, 1.54) is 0 Å². The van der Waals surface area contributed by atoms with Crippen LogP contribution in [0.25, 0.3) is 5.57 Å². The fourth-order valence-corrected chi connectivity index (χ4v) is 1.30. The van der Waals surface area contributed by atoms with Crippen molar-refractivity contribution in [2.75, 3.05) is 0 Å². The van der Waals surface area contributed by atoms with Crippen LogP contribution in [0.5, 0.6) is 0 Å². The lowest BCUT2D eigenvalue weighted by molar-refractivity contribution is -0.401. The molecule has 0 heterocycles. The molecule has 1 aromatic rings. The van der Waals surface area contributed by atoms with E-state index < -0.39 is 16.5 Å². The van der Waals surface area contributed by atoms with Gasteiger partial charge in [-0.2, -0.15) is 0 Å². The van der Waals surface area contributed by atoms with Crippen LogP contribution in [0, 0.1) is 10.1 Å². The van der Waals surface area contributed by atoms with Crippen molar-refractivity contribution in [1.82, 2.24) is 0 Å². The molecule has 0 saturated carbocycles. The molecule has 0 N–H and O–H groups in total. The first-order valence-corrected chi connectivity index (χ1v) is 5.44. The average Bonchev–Trinajstić information content (AvgIpc) is 2.24. The number of ether oxygens (including phenoxy) is 1. The highest BCUT2D eigenvalue weighted by molar-refractivity contribution is 6.16. The largest absolute Gasteiger partial charge is 0.456 e. The number of rotatable bonds is 3. The van der Waals surface area contributed by atoms with Crippen LogP contribution in [0.2, 0.25) is 0 Å². The van der Waals surface area contributed by atoms with Crippen molar-refractivity contribution in [1.29, 1.82) is 0 Å². The van der Waals surface area contributed by atoms with Crippen molar-refractivity contribution in [3.63, 3.8) is 0 Å². The quantitative estimate of drug-likeness (QED) is 0.357. The fraction of sp³-hybridized carbons (Fsp3) is 0.308. The number of nitro groups is 1. The fourth-order valence-electron chi connectivity index (χ4n) is 1.30. The number of esters is 1. The number of benzene rings is 1. The van der Waals surface area contributed by atoms with Crippen LogP contribution in [0.15, 0.2) is 36.5 Å². The van der Waals surface area contributed by atoms with Crippen molar-refractivity contribution in [3.05, 3.63) is 52.2 Å². The summed E-state index contributed by atoms with van der Waals surface area (Å²) in [5.41, 5.74) is -0.291. The van der Waals surface area contributed by atoms with Gasteiger partial charge in [-0.3, -0.25) is 10.1 Å². The van der Waals surface area contributed by atoms with Crippen molar-refractivity contribution in [3.8, 4) is 0 Å². The predicted octanol–water partition coefficient (Wildman–Crippen LogP) is 2.65. The molecule has 0 aromatic heterocycles. The summed E-state index contributed by atoms with van der Waals surface area (Å²) in [6, 6.07) is 8.42. The van der Waals surface area contributed by atoms with E-state index in [4.69, 9.17) is 4.74 Å². The Bertz CT molecular complexity index is 472. The summed E-state index contributed by atoms with van der Waals surface area (Å²) in [6.07, 6.45) is 0.670. The van der Waals surface area contributed by atoms with Gasteiger partial charge in [-0.05, 0) is 26.3 Å². The van der Waals surface area contributed by atoms with Gasteiger partial charge in [0, 0.05) is 0 Å². The minimum absolute atomic E-state index is 0.0597. The first-order chi connectivity index (χ1) is 8.29. The highest BCUT2D eigenvalue weighted by Crippen LogP contribution is 2.19. The maximum absolute atomic E-state index is 11.9. The zero-order valence-electron chi connectivity index (χ0n) is 10.5. The van der Waals surface area contributed by atoms with Gasteiger partial charge >= 0.3 is 5.97 Å². The molecule has 18 heavy (non-hydrogen) atoms. The molecule has 1 aromatic carbocycles. The lowest BCUT2D eigenvalue weighted by atomic mass is 10.1. The number of carbonyl (C=O) groups excluding carboxylic acids is 1. The van der Waals surface area contributed by atoms with Crippen LogP contribution in [-0.4, -0.2) is 16.5 Å². The van der Waals surface area contributed by atoms with Crippen LogP contribution in [-0.2, 0) is 9.53 Å². The predicted molar refractivity (Wildman–Crippen MR) is 67.3 cm³/mol. The molecular weight excluding hydrogens is 234 g/mol. The smallest absolute Gasteiger partial charge is 0.345 e.